The molecule has 11 nitrogen and oxygen atoms in total. The summed E-state index contributed by atoms with van der Waals surface area (Å²) < 4.78 is 5.61. The van der Waals surface area contributed by atoms with E-state index in [1.54, 1.807) is 19.3 Å². The van der Waals surface area contributed by atoms with E-state index in [-0.39, 0.29) is 23.7 Å². The number of nitrogens with zero attached hydrogens (tertiary/aromatic N) is 5. The maximum absolute atomic E-state index is 12.3. The van der Waals surface area contributed by atoms with Crippen molar-refractivity contribution < 1.29 is 9.21 Å². The van der Waals surface area contributed by atoms with Crippen LogP contribution in [0.2, 0.25) is 0 Å². The molecule has 2 aliphatic heterocycles. The average molecular weight is 425 g/mol. The highest BCUT2D eigenvalue weighted by atomic mass is 16.4. The van der Waals surface area contributed by atoms with Crippen LogP contribution in [0.15, 0.2) is 29.1 Å². The molecule has 0 bridgehead atoms. The number of pyridine rings is 1. The second kappa shape index (κ2) is 10.9. The van der Waals surface area contributed by atoms with Gasteiger partial charge in [0, 0.05) is 51.3 Å². The smallest absolute Gasteiger partial charge is 0.309 e. The zero-order chi connectivity index (χ0) is 22.1. The van der Waals surface area contributed by atoms with E-state index in [0.717, 1.165) is 45.4 Å². The maximum atomic E-state index is 12.3. The van der Waals surface area contributed by atoms with Gasteiger partial charge in [0.05, 0.1) is 11.1 Å². The molecule has 4 rings (SSSR count). The standard InChI is InChI=1S/C17H19N7O2.C3H8N2/c18-8-11-7-13(14(20-9-11)24-5-1-2-6-24)16-22-23-17(26-16)15(25)21-12-3-4-19-10-12;1-5-3-2-4/h7,9,12,19H,1-6,10H2,(H,21,25);2-3,5H,4H2,1H3/b;3-2-. The molecule has 0 aliphatic carbocycles. The van der Waals surface area contributed by atoms with Gasteiger partial charge in [0.1, 0.15) is 11.9 Å². The first-order valence-electron chi connectivity index (χ1n) is 10.2. The lowest BCUT2D eigenvalue weighted by molar-refractivity contribution is 0.0905. The molecule has 2 aromatic heterocycles. The van der Waals surface area contributed by atoms with Gasteiger partial charge in [0.25, 0.3) is 5.89 Å². The normalized spacial score (nSPS) is 17.8. The number of carbonyl (C=O) groups is 1. The zero-order valence-electron chi connectivity index (χ0n) is 17.5. The molecule has 2 saturated heterocycles. The molecular formula is C20H27N9O2. The predicted molar refractivity (Wildman–Crippen MR) is 115 cm³/mol. The van der Waals surface area contributed by atoms with Crippen molar-refractivity contribution in [3.8, 4) is 17.5 Å². The van der Waals surface area contributed by atoms with Gasteiger partial charge in [-0.25, -0.2) is 4.98 Å². The predicted octanol–water partition coefficient (Wildman–Crippen LogP) is 0.331. The second-order valence-electron chi connectivity index (χ2n) is 7.12. The van der Waals surface area contributed by atoms with E-state index in [0.29, 0.717) is 16.9 Å². The first-order valence-corrected chi connectivity index (χ1v) is 10.2. The Bertz CT molecular complexity index is 938. The van der Waals surface area contributed by atoms with E-state index >= 15 is 0 Å². The number of carbonyl (C=O) groups excluding carboxylic acids is 1. The van der Waals surface area contributed by atoms with Crippen molar-refractivity contribution in [2.75, 3.05) is 38.1 Å². The van der Waals surface area contributed by atoms with Crippen molar-refractivity contribution in [2.24, 2.45) is 5.73 Å². The van der Waals surface area contributed by atoms with Crippen LogP contribution < -0.4 is 26.6 Å². The van der Waals surface area contributed by atoms with Crippen molar-refractivity contribution in [1.29, 1.82) is 5.26 Å². The Kier molecular flexibility index (Phi) is 7.78. The van der Waals surface area contributed by atoms with Crippen LogP contribution in [-0.4, -0.2) is 60.4 Å². The summed E-state index contributed by atoms with van der Waals surface area (Å²) in [5.41, 5.74) is 5.89. The fourth-order valence-corrected chi connectivity index (χ4v) is 3.40. The minimum Gasteiger partial charge on any atom is -0.412 e. The third-order valence-electron chi connectivity index (χ3n) is 4.91. The fraction of sp³-hybridized carbons (Fsp3) is 0.450. The van der Waals surface area contributed by atoms with Gasteiger partial charge < -0.3 is 31.0 Å². The van der Waals surface area contributed by atoms with E-state index in [2.05, 4.69) is 42.1 Å². The van der Waals surface area contributed by atoms with Crippen LogP contribution in [0.5, 0.6) is 0 Å². The van der Waals surface area contributed by atoms with Crippen LogP contribution >= 0.6 is 0 Å². The van der Waals surface area contributed by atoms with Crippen molar-refractivity contribution in [3.05, 3.63) is 36.1 Å². The summed E-state index contributed by atoms with van der Waals surface area (Å²) in [6.07, 6.45) is 7.69. The van der Waals surface area contributed by atoms with E-state index in [1.807, 2.05) is 0 Å². The summed E-state index contributed by atoms with van der Waals surface area (Å²) in [4.78, 5) is 18.8. The van der Waals surface area contributed by atoms with Crippen molar-refractivity contribution in [1.82, 2.24) is 31.1 Å². The Morgan fingerprint density at radius 2 is 2.23 bits per heavy atom. The number of nitrogens with one attached hydrogen (secondary N) is 3. The third-order valence-corrected chi connectivity index (χ3v) is 4.91. The van der Waals surface area contributed by atoms with Crippen molar-refractivity contribution in [3.63, 3.8) is 0 Å². The van der Waals surface area contributed by atoms with Crippen LogP contribution in [0.3, 0.4) is 0 Å². The fourth-order valence-electron chi connectivity index (χ4n) is 3.40. The number of hydrogen-bond acceptors (Lipinski definition) is 10. The van der Waals surface area contributed by atoms with Gasteiger partial charge in [-0.05, 0) is 31.9 Å². The summed E-state index contributed by atoms with van der Waals surface area (Å²) in [5, 5.41) is 25.9. The van der Waals surface area contributed by atoms with Crippen LogP contribution in [0.4, 0.5) is 5.82 Å². The number of aromatic nitrogens is 3. The highest BCUT2D eigenvalue weighted by Crippen LogP contribution is 2.31. The minimum atomic E-state index is -0.385. The number of hydrogen-bond donors (Lipinski definition) is 4. The summed E-state index contributed by atoms with van der Waals surface area (Å²) in [7, 11) is 1.80. The van der Waals surface area contributed by atoms with Gasteiger partial charge in [0.2, 0.25) is 0 Å². The number of anilines is 1. The van der Waals surface area contributed by atoms with E-state index in [9.17, 15) is 10.1 Å². The average Bonchev–Trinajstić information content (AvgIpc) is 3.57. The molecule has 5 N–H and O–H groups in total. The number of amides is 1. The lowest BCUT2D eigenvalue weighted by Crippen LogP contribution is -2.36. The number of nitrogens with two attached hydrogens (primary N) is 1. The van der Waals surface area contributed by atoms with E-state index in [4.69, 9.17) is 10.2 Å². The Morgan fingerprint density at radius 1 is 1.42 bits per heavy atom. The topological polar surface area (TPSA) is 158 Å². The molecule has 1 unspecified atom stereocenters. The highest BCUT2D eigenvalue weighted by molar-refractivity contribution is 5.90. The van der Waals surface area contributed by atoms with E-state index in [1.165, 1.54) is 12.4 Å². The lowest BCUT2D eigenvalue weighted by Gasteiger charge is -2.18. The highest BCUT2D eigenvalue weighted by Gasteiger charge is 2.25. The van der Waals surface area contributed by atoms with Crippen LogP contribution in [0.25, 0.3) is 11.5 Å². The monoisotopic (exact) mass is 425 g/mol. The summed E-state index contributed by atoms with van der Waals surface area (Å²) >= 11 is 0. The minimum absolute atomic E-state index is 0.0709. The first kappa shape index (κ1) is 22.0. The quantitative estimate of drug-likeness (QED) is 0.526. The Labute approximate surface area is 180 Å². The van der Waals surface area contributed by atoms with E-state index < -0.39 is 0 Å². The summed E-state index contributed by atoms with van der Waals surface area (Å²) in [5.74, 6) is 0.439. The van der Waals surface area contributed by atoms with Crippen LogP contribution in [-0.2, 0) is 0 Å². The molecule has 4 heterocycles. The lowest BCUT2D eigenvalue weighted by atomic mass is 10.2. The summed E-state index contributed by atoms with van der Waals surface area (Å²) in [6.45, 7) is 3.40. The SMILES string of the molecule is CN/C=C\N.N#Cc1cnc(N2CCCC2)c(-c2nnc(C(=O)NC3CCNC3)o2)c1. The molecule has 31 heavy (non-hydrogen) atoms. The molecule has 2 aliphatic rings. The molecule has 0 radical (unpaired) electrons. The van der Waals surface area contributed by atoms with Crippen molar-refractivity contribution >= 4 is 11.7 Å². The first-order chi connectivity index (χ1) is 15.2. The Morgan fingerprint density at radius 3 is 2.84 bits per heavy atom. The largest absolute Gasteiger partial charge is 0.412 e. The molecule has 0 saturated carbocycles. The third kappa shape index (κ3) is 5.70. The second-order valence-corrected chi connectivity index (χ2v) is 7.12. The molecule has 164 valence electrons. The molecule has 11 heteroatoms. The van der Waals surface area contributed by atoms with Crippen LogP contribution in [0.1, 0.15) is 35.5 Å². The molecule has 2 aromatic rings. The van der Waals surface area contributed by atoms with Gasteiger partial charge in [-0.1, -0.05) is 0 Å². The molecule has 0 spiro atoms. The maximum Gasteiger partial charge on any atom is 0.309 e. The molecule has 1 atom stereocenters. The van der Waals surface area contributed by atoms with Crippen molar-refractivity contribution in [2.45, 2.75) is 25.3 Å². The van der Waals surface area contributed by atoms with Gasteiger partial charge in [-0.3, -0.25) is 4.79 Å². The molecule has 2 fully saturated rings. The molecule has 0 aromatic carbocycles. The van der Waals surface area contributed by atoms with Gasteiger partial charge >= 0.3 is 11.8 Å². The molecule has 1 amide bonds. The molecular weight excluding hydrogens is 398 g/mol. The summed E-state index contributed by atoms with van der Waals surface area (Å²) in [6, 6.07) is 3.82. The van der Waals surface area contributed by atoms with Gasteiger partial charge in [-0.2, -0.15) is 5.26 Å². The Hall–Kier alpha value is -3.65. The Balaban J connectivity index is 0.000000491. The van der Waals surface area contributed by atoms with Crippen LogP contribution in [0, 0.1) is 11.3 Å². The zero-order valence-corrected chi connectivity index (χ0v) is 17.5. The van der Waals surface area contributed by atoms with Gasteiger partial charge in [0.15, 0.2) is 0 Å². The number of nitriles is 1. The van der Waals surface area contributed by atoms with Gasteiger partial charge in [-0.15, -0.1) is 10.2 Å². The number of rotatable bonds is 5.